The first-order valence-corrected chi connectivity index (χ1v) is 30.6. The number of halogens is 5. The molecule has 8 saturated carbocycles. The van der Waals surface area contributed by atoms with Crippen molar-refractivity contribution in [2.75, 3.05) is 0 Å². The normalized spacial score (nSPS) is 23.5. The van der Waals surface area contributed by atoms with Gasteiger partial charge in [-0.2, -0.15) is 26.2 Å². The Morgan fingerprint density at radius 2 is 0.619 bits per heavy atom. The molecule has 8 aliphatic rings. The fraction of sp³-hybridized carbons (Fsp3) is 0.377. The first kappa shape index (κ1) is 71.4. The minimum Gasteiger partial charge on any atom is -1.00 e. The number of carbonyl (C=O) groups is 2. The Balaban J connectivity index is 0.000000199. The third-order valence-corrected chi connectivity index (χ3v) is 20.7. The van der Waals surface area contributed by atoms with Crippen LogP contribution in [-0.4, -0.2) is 56.2 Å². The molecule has 5 radical (unpaired) electrons. The molecule has 6 aromatic carbocycles. The van der Waals surface area contributed by atoms with E-state index in [0.29, 0.717) is 74.0 Å². The van der Waals surface area contributed by atoms with Crippen LogP contribution in [0.1, 0.15) is 84.5 Å². The molecule has 0 unspecified atom stereocenters. The number of esters is 2. The summed E-state index contributed by atoms with van der Waals surface area (Å²) in [6, 6.07) is 64.3. The van der Waals surface area contributed by atoms with Gasteiger partial charge in [0.05, 0.1) is 21.8 Å². The van der Waals surface area contributed by atoms with Crippen molar-refractivity contribution in [3.63, 3.8) is 0 Å². The third-order valence-electron chi connectivity index (χ3n) is 15.3. The first-order chi connectivity index (χ1) is 39.2. The molecule has 437 valence electrons. The maximum Gasteiger partial charge on any atom is 1.00 e. The number of hydrogen-bond acceptors (Lipinski definition) is 12. The van der Waals surface area contributed by atoms with Gasteiger partial charge >= 0.3 is 52.0 Å². The topological polar surface area (TPSA) is 136 Å². The second kappa shape index (κ2) is 34.4. The van der Waals surface area contributed by atoms with Crippen molar-refractivity contribution in [3.05, 3.63) is 182 Å². The van der Waals surface area contributed by atoms with E-state index in [9.17, 15) is 37.7 Å². The van der Waals surface area contributed by atoms with Gasteiger partial charge in [-0.15, -0.1) is 0 Å². The molecule has 0 aromatic heterocycles. The largest absolute Gasteiger partial charge is 1.00 e. The summed E-state index contributed by atoms with van der Waals surface area (Å²) in [7, 11) is 9.97. The van der Waals surface area contributed by atoms with Crippen LogP contribution in [0.5, 0.6) is 0 Å². The zero-order valence-electron chi connectivity index (χ0n) is 45.6. The molecule has 0 atom stereocenters. The van der Waals surface area contributed by atoms with Crippen molar-refractivity contribution in [1.29, 1.82) is 0 Å². The zero-order valence-corrected chi connectivity index (χ0v) is 51.6. The monoisotopic (exact) mass is 1250 g/mol. The van der Waals surface area contributed by atoms with E-state index in [1.165, 1.54) is 29.4 Å². The van der Waals surface area contributed by atoms with Crippen LogP contribution in [0.3, 0.4) is 0 Å². The molecule has 8 bridgehead atoms. The minimum absolute atomic E-state index is 0. The summed E-state index contributed by atoms with van der Waals surface area (Å²) in [5, 5.41) is 17.0. The summed E-state index contributed by atoms with van der Waals surface area (Å²) in [6.45, 7) is 0. The average Bonchev–Trinajstić information content (AvgIpc) is 1.09. The van der Waals surface area contributed by atoms with E-state index in [1.807, 2.05) is 0 Å². The van der Waals surface area contributed by atoms with Crippen LogP contribution in [-0.2, 0) is 59.6 Å². The van der Waals surface area contributed by atoms with Gasteiger partial charge in [-0.05, 0) is 185 Å². The van der Waals surface area contributed by atoms with E-state index in [1.54, 1.807) is 0 Å². The van der Waals surface area contributed by atoms with Gasteiger partial charge in [0.25, 0.3) is 0 Å². The van der Waals surface area contributed by atoms with E-state index in [4.69, 9.17) is 9.47 Å². The number of carbonyl (C=O) groups excluding carboxylic acids is 2. The molecule has 0 N–H and O–H groups in total. The predicted molar refractivity (Wildman–Crippen MR) is 310 cm³/mol. The van der Waals surface area contributed by atoms with Gasteiger partial charge in [-0.25, -0.2) is 9.59 Å². The first-order valence-electron chi connectivity index (χ1n) is 26.7. The second-order valence-electron chi connectivity index (χ2n) is 21.1. The summed E-state index contributed by atoms with van der Waals surface area (Å²) in [6.07, 6.45) is 10.7. The molecule has 8 fully saturated rings. The molecular weight excluding hydrogens is 1190 g/mol. The maximum atomic E-state index is 13.4. The molecule has 84 heavy (non-hydrogen) atoms. The van der Waals surface area contributed by atoms with Crippen molar-refractivity contribution in [2.24, 2.45) is 35.5 Å². The van der Waals surface area contributed by atoms with Crippen LogP contribution in [0.25, 0.3) is 0 Å². The van der Waals surface area contributed by atoms with E-state index in [2.05, 4.69) is 216 Å². The number of hydrogen-bond donors (Lipinski definition) is 0. The van der Waals surface area contributed by atoms with Crippen LogP contribution < -0.4 is 52.5 Å². The van der Waals surface area contributed by atoms with Gasteiger partial charge in [-0.3, -0.25) is 10.1 Å². The van der Waals surface area contributed by atoms with Crippen molar-refractivity contribution >= 4 is 80.3 Å². The molecule has 23 heteroatoms. The Bertz CT molecular complexity index is 2410. The van der Waals surface area contributed by atoms with E-state index in [0.717, 1.165) is 45.6 Å². The molecular formula is C61H64B3ClF4NaO10S4. The van der Waals surface area contributed by atoms with Gasteiger partial charge in [0.15, 0.2) is 29.4 Å². The standard InChI is InChI=1S/2C18H15S.2C12H16F2O5S.CH4.B3.ClH.Na/c2*1-4-10-16(11-5-1)19(17-12-6-2-7-13-17)18-14-8-3-9-15-18;2*13-12(14,20-19-18-16)10(15)17-11-4-7-1-8(5-11)3-9(2-7)6-11;;1-3-2;;/h2*1-15H;2*7-9,16H,1-6H2;1H4;;1H;/q2*+1;;;;;;+1/p-3. The number of alkyl halides is 4. The minimum atomic E-state index is -3.94. The summed E-state index contributed by atoms with van der Waals surface area (Å²) < 4.78 is 71.2. The zero-order chi connectivity index (χ0) is 57.3. The van der Waals surface area contributed by atoms with Crippen LogP contribution >= 0.6 is 24.1 Å². The van der Waals surface area contributed by atoms with Crippen LogP contribution in [0.4, 0.5) is 17.6 Å². The summed E-state index contributed by atoms with van der Waals surface area (Å²) in [5.41, 5.74) is -1.48. The van der Waals surface area contributed by atoms with Crippen molar-refractivity contribution in [3.8, 4) is 0 Å². The van der Waals surface area contributed by atoms with Gasteiger partial charge in [0.2, 0.25) is 0 Å². The number of ether oxygens (including phenoxy) is 2. The van der Waals surface area contributed by atoms with Gasteiger partial charge < -0.3 is 32.4 Å². The predicted octanol–water partition coefficient (Wildman–Crippen LogP) is 6.99. The van der Waals surface area contributed by atoms with Gasteiger partial charge in [0.1, 0.15) is 35.3 Å². The SMILES string of the molecule is C.O=C(OC12CC3CC(CC(C3)C1)C2)C(F)(F)SOO[O-].O=C(OC12CC3CC(CC(C3)C1)C2)C(F)(F)SOO[O-].[B][B][B].[Cl-].[Na+].c1ccc([S+](c2ccccc2)c2ccccc2)cc1.c1ccc([S+](c2ccccc2)c2ccccc2)cc1. The van der Waals surface area contributed by atoms with Crippen LogP contribution in [0, 0.1) is 35.5 Å². The maximum absolute atomic E-state index is 13.4. The van der Waals surface area contributed by atoms with Gasteiger partial charge in [0, 0.05) is 22.5 Å². The van der Waals surface area contributed by atoms with Crippen molar-refractivity contribution in [1.82, 2.24) is 0 Å². The molecule has 14 rings (SSSR count). The fourth-order valence-corrected chi connectivity index (χ4v) is 17.8. The molecule has 0 aliphatic heterocycles. The Labute approximate surface area is 536 Å². The van der Waals surface area contributed by atoms with E-state index in [-0.39, 0.29) is 71.2 Å². The summed E-state index contributed by atoms with van der Waals surface area (Å²) >= 11 is -1.25. The van der Waals surface area contributed by atoms with Crippen LogP contribution in [0.15, 0.2) is 211 Å². The molecule has 6 aromatic rings. The molecule has 0 amide bonds. The van der Waals surface area contributed by atoms with Crippen molar-refractivity contribution < 1.29 is 108 Å². The average molecular weight is 1250 g/mol. The molecule has 0 saturated heterocycles. The van der Waals surface area contributed by atoms with Crippen molar-refractivity contribution in [2.45, 2.75) is 136 Å². The number of benzene rings is 6. The van der Waals surface area contributed by atoms with Crippen LogP contribution in [0.2, 0.25) is 0 Å². The Morgan fingerprint density at radius 1 is 0.440 bits per heavy atom. The Morgan fingerprint density at radius 3 is 0.786 bits per heavy atom. The Hall–Kier alpha value is -3.38. The molecule has 0 heterocycles. The fourth-order valence-electron chi connectivity index (χ4n) is 13.2. The third kappa shape index (κ3) is 19.8. The van der Waals surface area contributed by atoms with E-state index >= 15 is 0 Å². The quantitative estimate of drug-likeness (QED) is 0.0188. The molecule has 0 spiro atoms. The summed E-state index contributed by atoms with van der Waals surface area (Å²) in [4.78, 5) is 31.4. The summed E-state index contributed by atoms with van der Waals surface area (Å²) in [5.74, 6) is -0.405. The van der Waals surface area contributed by atoms with Gasteiger partial charge in [-0.1, -0.05) is 117 Å². The number of rotatable bonds is 16. The smallest absolute Gasteiger partial charge is 1.00 e. The Kier molecular flexibility index (Phi) is 29.2. The molecule has 10 nitrogen and oxygen atoms in total. The van der Waals surface area contributed by atoms with E-state index < -0.39 is 57.7 Å². The second-order valence-corrected chi connectivity index (χ2v) is 26.8. The molecule has 8 aliphatic carbocycles.